The predicted octanol–water partition coefficient (Wildman–Crippen LogP) is 1.75. The van der Waals surface area contributed by atoms with E-state index in [4.69, 9.17) is 9.88 Å². The Morgan fingerprint density at radius 3 is 2.48 bits per heavy atom. The van der Waals surface area contributed by atoms with E-state index in [1.807, 2.05) is 30.3 Å². The topological polar surface area (TPSA) is 111 Å². The molecule has 0 radical (unpaired) electrons. The van der Waals surface area contributed by atoms with Gasteiger partial charge in [0.1, 0.15) is 5.75 Å². The second kappa shape index (κ2) is 8.94. The number of primary sulfonamides is 1. The molecular weight excluding hydrogens is 390 g/mol. The van der Waals surface area contributed by atoms with Crippen LogP contribution in [-0.4, -0.2) is 39.9 Å². The maximum atomic E-state index is 13.1. The fourth-order valence-corrected chi connectivity index (χ4v) is 5.40. The maximum Gasteiger partial charge on any atom is 0.256 e. The van der Waals surface area contributed by atoms with Crippen LogP contribution in [-0.2, 0) is 15.4 Å². The average Bonchev–Trinajstić information content (AvgIpc) is 2.98. The van der Waals surface area contributed by atoms with E-state index < -0.39 is 26.7 Å². The molecule has 2 unspecified atom stereocenters. The van der Waals surface area contributed by atoms with Gasteiger partial charge in [-0.2, -0.15) is 0 Å². The molecule has 156 valence electrons. The van der Waals surface area contributed by atoms with Crippen molar-refractivity contribution in [2.24, 2.45) is 5.14 Å². The van der Waals surface area contributed by atoms with E-state index >= 15 is 0 Å². The number of para-hydroxylation sites is 1. The van der Waals surface area contributed by atoms with Gasteiger partial charge in [0.05, 0.1) is 12.7 Å². The van der Waals surface area contributed by atoms with E-state index in [0.29, 0.717) is 25.1 Å². The molecule has 8 heteroatoms. The molecule has 4 N–H and O–H groups in total. The number of amides is 1. The molecule has 1 fully saturated rings. The molecule has 7 nitrogen and oxygen atoms in total. The molecule has 2 atom stereocenters. The molecule has 2 aromatic rings. The molecule has 3 rings (SSSR count). The number of carbonyl (C=O) groups excluding carboxylic acids is 1. The molecule has 0 spiro atoms. The average molecular weight is 418 g/mol. The number of hydrogen-bond donors (Lipinski definition) is 3. The van der Waals surface area contributed by atoms with Crippen molar-refractivity contribution in [3.63, 3.8) is 0 Å². The maximum absolute atomic E-state index is 13.1. The lowest BCUT2D eigenvalue weighted by Gasteiger charge is -2.39. The van der Waals surface area contributed by atoms with Crippen LogP contribution in [0.15, 0.2) is 54.6 Å². The Labute approximate surface area is 171 Å². The van der Waals surface area contributed by atoms with Gasteiger partial charge in [-0.1, -0.05) is 42.5 Å². The van der Waals surface area contributed by atoms with Crippen molar-refractivity contribution in [1.29, 1.82) is 0 Å². The van der Waals surface area contributed by atoms with E-state index in [1.165, 1.54) is 7.11 Å². The van der Waals surface area contributed by atoms with E-state index in [9.17, 15) is 13.2 Å². The van der Waals surface area contributed by atoms with Crippen LogP contribution in [0.3, 0.4) is 0 Å². The fraction of sp³-hybridized carbons (Fsp3) is 0.381. The number of carbonyl (C=O) groups is 1. The van der Waals surface area contributed by atoms with Crippen molar-refractivity contribution in [3.8, 4) is 5.75 Å². The largest absolute Gasteiger partial charge is 0.496 e. The minimum atomic E-state index is -4.11. The SMILES string of the molecule is COc1ccccc1C(=O)NC(C1(c2ccccc2)CCCNCC1)S(N)(=O)=O. The van der Waals surface area contributed by atoms with Gasteiger partial charge in [0.15, 0.2) is 5.37 Å². The van der Waals surface area contributed by atoms with Crippen LogP contribution in [0.4, 0.5) is 0 Å². The van der Waals surface area contributed by atoms with Crippen LogP contribution in [0.2, 0.25) is 0 Å². The van der Waals surface area contributed by atoms with Crippen molar-refractivity contribution >= 4 is 15.9 Å². The monoisotopic (exact) mass is 417 g/mol. The zero-order chi connectivity index (χ0) is 20.9. The van der Waals surface area contributed by atoms with Crippen molar-refractivity contribution in [2.75, 3.05) is 20.2 Å². The Hall–Kier alpha value is -2.42. The molecular formula is C21H27N3O4S. The van der Waals surface area contributed by atoms with Gasteiger partial charge in [0.2, 0.25) is 10.0 Å². The predicted molar refractivity (Wildman–Crippen MR) is 112 cm³/mol. The summed E-state index contributed by atoms with van der Waals surface area (Å²) in [6.07, 6.45) is 1.88. The second-order valence-electron chi connectivity index (χ2n) is 7.27. The molecule has 0 aliphatic carbocycles. The summed E-state index contributed by atoms with van der Waals surface area (Å²) < 4.78 is 30.8. The Bertz CT molecular complexity index is 939. The Balaban J connectivity index is 2.07. The van der Waals surface area contributed by atoms with Gasteiger partial charge >= 0.3 is 0 Å². The lowest BCUT2D eigenvalue weighted by molar-refractivity contribution is 0.0926. The molecule has 1 aliphatic rings. The van der Waals surface area contributed by atoms with Gasteiger partial charge in [-0.15, -0.1) is 0 Å². The minimum Gasteiger partial charge on any atom is -0.496 e. The zero-order valence-electron chi connectivity index (χ0n) is 16.4. The van der Waals surface area contributed by atoms with Crippen LogP contribution in [0, 0.1) is 0 Å². The molecule has 1 saturated heterocycles. The van der Waals surface area contributed by atoms with Gasteiger partial charge < -0.3 is 15.4 Å². The first-order valence-electron chi connectivity index (χ1n) is 9.60. The molecule has 29 heavy (non-hydrogen) atoms. The van der Waals surface area contributed by atoms with Crippen LogP contribution < -0.4 is 20.5 Å². The number of nitrogens with two attached hydrogens (primary N) is 1. The molecule has 0 bridgehead atoms. The molecule has 1 heterocycles. The highest BCUT2D eigenvalue weighted by Gasteiger charge is 2.47. The van der Waals surface area contributed by atoms with Crippen molar-refractivity contribution in [2.45, 2.75) is 30.1 Å². The Kier molecular flexibility index (Phi) is 6.56. The summed E-state index contributed by atoms with van der Waals surface area (Å²) >= 11 is 0. The van der Waals surface area contributed by atoms with Crippen LogP contribution in [0.5, 0.6) is 5.75 Å². The number of hydrogen-bond acceptors (Lipinski definition) is 5. The molecule has 1 amide bonds. The molecule has 2 aromatic carbocycles. The number of ether oxygens (including phenoxy) is 1. The molecule has 1 aliphatic heterocycles. The number of methoxy groups -OCH3 is 1. The smallest absolute Gasteiger partial charge is 0.256 e. The van der Waals surface area contributed by atoms with Crippen molar-refractivity contribution in [1.82, 2.24) is 10.6 Å². The van der Waals surface area contributed by atoms with Gasteiger partial charge in [-0.25, -0.2) is 13.6 Å². The highest BCUT2D eigenvalue weighted by Crippen LogP contribution is 2.39. The summed E-state index contributed by atoms with van der Waals surface area (Å²) in [7, 11) is -2.65. The standard InChI is InChI=1S/C21H27N3O4S/c1-28-18-11-6-5-10-17(18)19(25)24-20(29(22,26)27)21(12-7-14-23-15-13-21)16-8-3-2-4-9-16/h2-6,8-11,20,23H,7,12-15H2,1H3,(H,24,25)(H2,22,26,27). The van der Waals surface area contributed by atoms with Gasteiger partial charge in [0, 0.05) is 5.41 Å². The van der Waals surface area contributed by atoms with Crippen molar-refractivity contribution < 1.29 is 17.9 Å². The zero-order valence-corrected chi connectivity index (χ0v) is 17.2. The fourth-order valence-electron chi connectivity index (χ4n) is 4.13. The summed E-state index contributed by atoms with van der Waals surface area (Å²) in [4.78, 5) is 13.1. The third kappa shape index (κ3) is 4.60. The minimum absolute atomic E-state index is 0.263. The van der Waals surface area contributed by atoms with E-state index in [1.54, 1.807) is 24.3 Å². The Morgan fingerprint density at radius 1 is 1.10 bits per heavy atom. The summed E-state index contributed by atoms with van der Waals surface area (Å²) in [5.74, 6) is -0.163. The third-order valence-electron chi connectivity index (χ3n) is 5.52. The van der Waals surface area contributed by atoms with E-state index in [-0.39, 0.29) is 5.56 Å². The van der Waals surface area contributed by atoms with Crippen LogP contribution >= 0.6 is 0 Å². The summed E-state index contributed by atoms with van der Waals surface area (Å²) in [6, 6.07) is 16.1. The summed E-state index contributed by atoms with van der Waals surface area (Å²) in [5, 5.41) is 10.5. The van der Waals surface area contributed by atoms with Gasteiger partial charge in [-0.3, -0.25) is 4.79 Å². The Morgan fingerprint density at radius 2 is 1.79 bits per heavy atom. The second-order valence-corrected chi connectivity index (χ2v) is 8.92. The lowest BCUT2D eigenvalue weighted by Crippen LogP contribution is -2.57. The lowest BCUT2D eigenvalue weighted by atomic mass is 9.74. The first kappa shape index (κ1) is 21.3. The normalized spacial score (nSPS) is 21.0. The molecule has 0 saturated carbocycles. The first-order valence-corrected chi connectivity index (χ1v) is 11.2. The van der Waals surface area contributed by atoms with Crippen molar-refractivity contribution in [3.05, 3.63) is 65.7 Å². The van der Waals surface area contributed by atoms with Crippen LogP contribution in [0.25, 0.3) is 0 Å². The summed E-state index contributed by atoms with van der Waals surface area (Å²) in [6.45, 7) is 1.41. The highest BCUT2D eigenvalue weighted by molar-refractivity contribution is 7.89. The number of benzene rings is 2. The van der Waals surface area contributed by atoms with Crippen LogP contribution in [0.1, 0.15) is 35.2 Å². The van der Waals surface area contributed by atoms with Gasteiger partial charge in [0.25, 0.3) is 5.91 Å². The van der Waals surface area contributed by atoms with E-state index in [0.717, 1.165) is 18.5 Å². The van der Waals surface area contributed by atoms with E-state index in [2.05, 4.69) is 10.6 Å². The number of sulfonamides is 1. The molecule has 0 aromatic heterocycles. The van der Waals surface area contributed by atoms with Gasteiger partial charge in [-0.05, 0) is 50.0 Å². The number of rotatable bonds is 6. The quantitative estimate of drug-likeness (QED) is 0.663. The first-order chi connectivity index (χ1) is 13.9. The third-order valence-corrected chi connectivity index (χ3v) is 6.74. The number of nitrogens with one attached hydrogen (secondary N) is 2. The summed E-state index contributed by atoms with van der Waals surface area (Å²) in [5.41, 5.74) is 0.275. The highest BCUT2D eigenvalue weighted by atomic mass is 32.2.